The lowest BCUT2D eigenvalue weighted by molar-refractivity contribution is 1.13. The number of para-hydroxylation sites is 1. The van der Waals surface area contributed by atoms with Gasteiger partial charge in [-0.3, -0.25) is 0 Å². The van der Waals surface area contributed by atoms with Gasteiger partial charge in [-0.05, 0) is 35.4 Å². The zero-order valence-corrected chi connectivity index (χ0v) is 17.0. The highest BCUT2D eigenvalue weighted by Gasteiger charge is 2.21. The first-order chi connectivity index (χ1) is 14.2. The summed E-state index contributed by atoms with van der Waals surface area (Å²) in [4.78, 5) is 0. The molecule has 0 aliphatic rings. The second-order valence-electron chi connectivity index (χ2n) is 6.90. The number of aromatic nitrogens is 1. The molecule has 0 saturated heterocycles. The van der Waals surface area contributed by atoms with Crippen molar-refractivity contribution in [2.24, 2.45) is 0 Å². The summed E-state index contributed by atoms with van der Waals surface area (Å²) in [7, 11) is 0. The first-order valence-corrected chi connectivity index (χ1v) is 10.2. The fourth-order valence-electron chi connectivity index (χ4n) is 3.92. The van der Waals surface area contributed by atoms with E-state index in [1.165, 1.54) is 16.5 Å². The number of halogens is 2. The smallest absolute Gasteiger partial charge is 0.0661 e. The van der Waals surface area contributed by atoms with Crippen LogP contribution in [0.15, 0.2) is 103 Å². The van der Waals surface area contributed by atoms with E-state index in [1.54, 1.807) is 6.07 Å². The van der Waals surface area contributed by atoms with Crippen molar-refractivity contribution in [3.63, 3.8) is 0 Å². The number of benzene rings is 4. The minimum Gasteiger partial charge on any atom is -0.307 e. The Labute approximate surface area is 179 Å². The minimum atomic E-state index is 0.620. The molecule has 5 aromatic rings. The Morgan fingerprint density at radius 3 is 1.90 bits per heavy atom. The average Bonchev–Trinajstić information content (AvgIpc) is 3.10. The maximum absolute atomic E-state index is 6.67. The van der Waals surface area contributed by atoms with Gasteiger partial charge in [0.15, 0.2) is 0 Å². The van der Waals surface area contributed by atoms with Crippen LogP contribution >= 0.6 is 23.2 Å². The molecule has 5 rings (SSSR count). The van der Waals surface area contributed by atoms with Crippen molar-refractivity contribution in [2.45, 2.75) is 0 Å². The standard InChI is InChI=1S/C26H17Cl2N/c27-20-15-16-24(22(28)17-20)29-23-14-8-7-13-21(23)25(18-9-3-1-4-10-18)26(29)19-11-5-2-6-12-19/h1-17H. The van der Waals surface area contributed by atoms with Gasteiger partial charge in [-0.2, -0.15) is 0 Å². The topological polar surface area (TPSA) is 4.93 Å². The maximum atomic E-state index is 6.67. The van der Waals surface area contributed by atoms with Gasteiger partial charge < -0.3 is 4.57 Å². The summed E-state index contributed by atoms with van der Waals surface area (Å²) in [5, 5.41) is 2.43. The predicted octanol–water partition coefficient (Wildman–Crippen LogP) is 8.27. The molecule has 29 heavy (non-hydrogen) atoms. The SMILES string of the molecule is Clc1ccc(-n2c(-c3ccccc3)c(-c3ccccc3)c3ccccc32)c(Cl)c1. The lowest BCUT2D eigenvalue weighted by Crippen LogP contribution is -1.98. The van der Waals surface area contributed by atoms with Gasteiger partial charge in [0.1, 0.15) is 0 Å². The molecule has 0 fully saturated rings. The molecule has 0 unspecified atom stereocenters. The molecule has 0 aliphatic carbocycles. The number of fused-ring (bicyclic) bond motifs is 1. The molecular weight excluding hydrogens is 397 g/mol. The Morgan fingerprint density at radius 2 is 1.21 bits per heavy atom. The third kappa shape index (κ3) is 3.13. The van der Waals surface area contributed by atoms with Crippen molar-refractivity contribution < 1.29 is 0 Å². The van der Waals surface area contributed by atoms with Crippen LogP contribution in [0.1, 0.15) is 0 Å². The minimum absolute atomic E-state index is 0.620. The van der Waals surface area contributed by atoms with E-state index in [2.05, 4.69) is 77.4 Å². The molecule has 3 heteroatoms. The van der Waals surface area contributed by atoms with E-state index in [9.17, 15) is 0 Å². The maximum Gasteiger partial charge on any atom is 0.0661 e. The fraction of sp³-hybridized carbons (Fsp3) is 0. The normalized spacial score (nSPS) is 11.1. The molecule has 0 saturated carbocycles. The van der Waals surface area contributed by atoms with Crippen LogP contribution in [0.25, 0.3) is 39.0 Å². The molecule has 0 radical (unpaired) electrons. The second kappa shape index (κ2) is 7.44. The summed E-state index contributed by atoms with van der Waals surface area (Å²) < 4.78 is 2.24. The van der Waals surface area contributed by atoms with Gasteiger partial charge in [-0.25, -0.2) is 0 Å². The van der Waals surface area contributed by atoms with Gasteiger partial charge in [-0.15, -0.1) is 0 Å². The Bertz CT molecular complexity index is 1310. The average molecular weight is 414 g/mol. The van der Waals surface area contributed by atoms with E-state index in [0.29, 0.717) is 10.0 Å². The van der Waals surface area contributed by atoms with Gasteiger partial charge >= 0.3 is 0 Å². The monoisotopic (exact) mass is 413 g/mol. The molecule has 0 N–H and O–H groups in total. The molecule has 140 valence electrons. The van der Waals surface area contributed by atoms with Gasteiger partial charge in [0.05, 0.1) is 21.9 Å². The Morgan fingerprint density at radius 1 is 0.586 bits per heavy atom. The predicted molar refractivity (Wildman–Crippen MR) is 124 cm³/mol. The molecule has 0 atom stereocenters. The molecule has 0 spiro atoms. The van der Waals surface area contributed by atoms with Crippen molar-refractivity contribution in [3.05, 3.63) is 113 Å². The second-order valence-corrected chi connectivity index (χ2v) is 7.75. The Hall–Kier alpha value is -3.00. The van der Waals surface area contributed by atoms with Crippen LogP contribution in [0, 0.1) is 0 Å². The van der Waals surface area contributed by atoms with E-state index in [4.69, 9.17) is 23.2 Å². The number of hydrogen-bond acceptors (Lipinski definition) is 0. The highest BCUT2D eigenvalue weighted by molar-refractivity contribution is 6.36. The summed E-state index contributed by atoms with van der Waals surface area (Å²) >= 11 is 12.9. The van der Waals surface area contributed by atoms with Crippen molar-refractivity contribution in [3.8, 4) is 28.1 Å². The van der Waals surface area contributed by atoms with E-state index in [-0.39, 0.29) is 0 Å². The van der Waals surface area contributed by atoms with Crippen LogP contribution in [0.5, 0.6) is 0 Å². The molecule has 0 bridgehead atoms. The van der Waals surface area contributed by atoms with Crippen molar-refractivity contribution in [1.29, 1.82) is 0 Å². The van der Waals surface area contributed by atoms with Crippen LogP contribution in [0.3, 0.4) is 0 Å². The molecule has 1 heterocycles. The third-order valence-electron chi connectivity index (χ3n) is 5.14. The summed E-state index contributed by atoms with van der Waals surface area (Å²) in [6, 6.07) is 35.1. The first-order valence-electron chi connectivity index (χ1n) is 9.44. The highest BCUT2D eigenvalue weighted by atomic mass is 35.5. The van der Waals surface area contributed by atoms with Gasteiger partial charge in [0.2, 0.25) is 0 Å². The highest BCUT2D eigenvalue weighted by Crippen LogP contribution is 2.43. The van der Waals surface area contributed by atoms with Gasteiger partial charge in [0.25, 0.3) is 0 Å². The quantitative estimate of drug-likeness (QED) is 0.280. The summed E-state index contributed by atoms with van der Waals surface area (Å²) in [5.74, 6) is 0. The number of rotatable bonds is 3. The Kier molecular flexibility index (Phi) is 4.63. The molecule has 0 aliphatic heterocycles. The van der Waals surface area contributed by atoms with E-state index in [1.807, 2.05) is 24.3 Å². The molecule has 1 nitrogen and oxygen atoms in total. The van der Waals surface area contributed by atoms with Crippen LogP contribution < -0.4 is 0 Å². The fourth-order valence-corrected chi connectivity index (χ4v) is 4.41. The third-order valence-corrected chi connectivity index (χ3v) is 5.67. The number of nitrogens with zero attached hydrogens (tertiary/aromatic N) is 1. The van der Waals surface area contributed by atoms with Gasteiger partial charge in [-0.1, -0.05) is 102 Å². The van der Waals surface area contributed by atoms with E-state index in [0.717, 1.165) is 22.5 Å². The number of hydrogen-bond donors (Lipinski definition) is 0. The molecule has 1 aromatic heterocycles. The van der Waals surface area contributed by atoms with Crippen molar-refractivity contribution >= 4 is 34.1 Å². The largest absolute Gasteiger partial charge is 0.307 e. The van der Waals surface area contributed by atoms with E-state index >= 15 is 0 Å². The zero-order chi connectivity index (χ0) is 19.8. The summed E-state index contributed by atoms with van der Waals surface area (Å²) in [5.41, 5.74) is 6.63. The molecule has 4 aromatic carbocycles. The lowest BCUT2D eigenvalue weighted by Gasteiger charge is -2.15. The Balaban J connectivity index is 1.97. The zero-order valence-electron chi connectivity index (χ0n) is 15.5. The van der Waals surface area contributed by atoms with E-state index < -0.39 is 0 Å². The van der Waals surface area contributed by atoms with Gasteiger partial charge in [0, 0.05) is 16.0 Å². The summed E-state index contributed by atoms with van der Waals surface area (Å²) in [6.45, 7) is 0. The van der Waals surface area contributed by atoms with Crippen LogP contribution in [-0.2, 0) is 0 Å². The first kappa shape index (κ1) is 18.1. The van der Waals surface area contributed by atoms with Crippen molar-refractivity contribution in [2.75, 3.05) is 0 Å². The lowest BCUT2D eigenvalue weighted by atomic mass is 9.98. The van der Waals surface area contributed by atoms with Crippen LogP contribution in [0.2, 0.25) is 10.0 Å². The molecular formula is C26H17Cl2N. The summed E-state index contributed by atoms with van der Waals surface area (Å²) in [6.07, 6.45) is 0. The molecule has 0 amide bonds. The van der Waals surface area contributed by atoms with Crippen LogP contribution in [-0.4, -0.2) is 4.57 Å². The van der Waals surface area contributed by atoms with Crippen LogP contribution in [0.4, 0.5) is 0 Å². The van der Waals surface area contributed by atoms with Crippen molar-refractivity contribution in [1.82, 2.24) is 4.57 Å².